The van der Waals surface area contributed by atoms with Crippen LogP contribution in [0.15, 0.2) is 15.8 Å². The van der Waals surface area contributed by atoms with Gasteiger partial charge < -0.3 is 14.9 Å². The van der Waals surface area contributed by atoms with E-state index in [1.807, 2.05) is 4.98 Å². The summed E-state index contributed by atoms with van der Waals surface area (Å²) >= 11 is 5.60. The Labute approximate surface area is 100 Å². The maximum absolute atomic E-state index is 11.5. The lowest BCUT2D eigenvalue weighted by molar-refractivity contribution is -0.0459. The molecule has 0 spiro atoms. The summed E-state index contributed by atoms with van der Waals surface area (Å²) < 4.78 is 6.35. The van der Waals surface area contributed by atoms with Crippen molar-refractivity contribution in [2.45, 2.75) is 24.9 Å². The molecule has 0 radical (unpaired) electrons. The summed E-state index contributed by atoms with van der Waals surface area (Å²) in [6.45, 7) is -0.344. The van der Waals surface area contributed by atoms with E-state index >= 15 is 0 Å². The highest BCUT2D eigenvalue weighted by molar-refractivity contribution is 6.30. The van der Waals surface area contributed by atoms with Gasteiger partial charge in [-0.25, -0.2) is 4.79 Å². The zero-order valence-corrected chi connectivity index (χ0v) is 9.42. The van der Waals surface area contributed by atoms with E-state index in [1.165, 1.54) is 0 Å². The van der Waals surface area contributed by atoms with Crippen molar-refractivity contribution >= 4 is 11.6 Å². The molecule has 3 N–H and O–H groups in total. The van der Waals surface area contributed by atoms with Crippen molar-refractivity contribution in [3.8, 4) is 0 Å². The first-order valence-corrected chi connectivity index (χ1v) is 5.36. The minimum atomic E-state index is -0.859. The van der Waals surface area contributed by atoms with Crippen LogP contribution in [-0.4, -0.2) is 38.6 Å². The van der Waals surface area contributed by atoms with Gasteiger partial charge in [-0.3, -0.25) is 14.3 Å². The first-order chi connectivity index (χ1) is 8.02. The third kappa shape index (κ3) is 2.27. The number of rotatable bonds is 2. The summed E-state index contributed by atoms with van der Waals surface area (Å²) in [5.41, 5.74) is -1.35. The molecule has 1 fully saturated rings. The highest BCUT2D eigenvalue weighted by Gasteiger charge is 2.35. The van der Waals surface area contributed by atoms with Gasteiger partial charge in [0.25, 0.3) is 5.56 Å². The van der Waals surface area contributed by atoms with Crippen LogP contribution in [0.5, 0.6) is 0 Å². The molecule has 1 aromatic rings. The molecule has 8 heteroatoms. The van der Waals surface area contributed by atoms with E-state index in [1.54, 1.807) is 0 Å². The smallest absolute Gasteiger partial charge is 0.330 e. The molecule has 1 unspecified atom stereocenters. The van der Waals surface area contributed by atoms with Crippen molar-refractivity contribution in [2.24, 2.45) is 0 Å². The van der Waals surface area contributed by atoms with Gasteiger partial charge in [-0.1, -0.05) is 11.6 Å². The molecule has 0 saturated carbocycles. The zero-order chi connectivity index (χ0) is 12.6. The van der Waals surface area contributed by atoms with Crippen LogP contribution in [-0.2, 0) is 4.74 Å². The third-order valence-corrected chi connectivity index (χ3v) is 2.89. The van der Waals surface area contributed by atoms with Gasteiger partial charge in [0.05, 0.1) is 12.7 Å². The highest BCUT2D eigenvalue weighted by atomic mass is 35.5. The molecule has 2 rings (SSSR count). The molecule has 94 valence electrons. The van der Waals surface area contributed by atoms with Crippen LogP contribution in [0.2, 0.25) is 5.02 Å². The molecule has 0 aromatic carbocycles. The second-order valence-electron chi connectivity index (χ2n) is 3.76. The van der Waals surface area contributed by atoms with Crippen LogP contribution >= 0.6 is 11.6 Å². The minimum Gasteiger partial charge on any atom is -0.394 e. The largest absolute Gasteiger partial charge is 0.394 e. The van der Waals surface area contributed by atoms with E-state index in [-0.39, 0.29) is 18.1 Å². The fourth-order valence-electron chi connectivity index (χ4n) is 1.72. The first-order valence-electron chi connectivity index (χ1n) is 4.98. The van der Waals surface area contributed by atoms with Crippen molar-refractivity contribution in [3.05, 3.63) is 32.1 Å². The molecule has 1 aliphatic rings. The van der Waals surface area contributed by atoms with E-state index in [0.29, 0.717) is 0 Å². The standard InChI is InChI=1S/C9H11ClN2O5/c10-4-2-12(9(16)11-8(4)15)7-1-5(14)6(3-13)17-7/h2,5-7,13-14H,1,3H2,(H,11,15,16)/t5-,6?,7-/m1/s1. The Hall–Kier alpha value is -1.15. The summed E-state index contributed by atoms with van der Waals surface area (Å²) in [6, 6.07) is 0. The number of hydrogen-bond acceptors (Lipinski definition) is 5. The van der Waals surface area contributed by atoms with Crippen LogP contribution in [0.1, 0.15) is 12.6 Å². The Morgan fingerprint density at radius 2 is 2.29 bits per heavy atom. The molecule has 0 bridgehead atoms. The van der Waals surface area contributed by atoms with Gasteiger partial charge in [0, 0.05) is 12.6 Å². The average molecular weight is 263 g/mol. The van der Waals surface area contributed by atoms with Gasteiger partial charge in [0.1, 0.15) is 17.4 Å². The first kappa shape index (κ1) is 12.3. The van der Waals surface area contributed by atoms with Crippen LogP contribution in [0.4, 0.5) is 0 Å². The molecule has 1 saturated heterocycles. The summed E-state index contributed by atoms with van der Waals surface area (Å²) in [7, 11) is 0. The van der Waals surface area contributed by atoms with Gasteiger partial charge >= 0.3 is 5.69 Å². The molecule has 7 nitrogen and oxygen atoms in total. The van der Waals surface area contributed by atoms with E-state index in [2.05, 4.69) is 0 Å². The third-order valence-electron chi connectivity index (χ3n) is 2.62. The number of aliphatic hydroxyl groups is 2. The van der Waals surface area contributed by atoms with Gasteiger partial charge in [-0.05, 0) is 0 Å². The number of H-pyrrole nitrogens is 1. The second-order valence-corrected chi connectivity index (χ2v) is 4.17. The van der Waals surface area contributed by atoms with Crippen molar-refractivity contribution in [2.75, 3.05) is 6.61 Å². The Morgan fingerprint density at radius 1 is 1.59 bits per heavy atom. The molecular formula is C9H11ClN2O5. The second kappa shape index (κ2) is 4.61. The van der Waals surface area contributed by atoms with E-state index in [4.69, 9.17) is 21.4 Å². The maximum atomic E-state index is 11.5. The van der Waals surface area contributed by atoms with Crippen LogP contribution in [0.3, 0.4) is 0 Å². The van der Waals surface area contributed by atoms with Crippen molar-refractivity contribution in [1.29, 1.82) is 0 Å². The number of aliphatic hydroxyl groups excluding tert-OH is 2. The number of aromatic amines is 1. The monoisotopic (exact) mass is 262 g/mol. The number of nitrogens with zero attached hydrogens (tertiary/aromatic N) is 1. The van der Waals surface area contributed by atoms with E-state index < -0.39 is 29.7 Å². The van der Waals surface area contributed by atoms with Crippen LogP contribution in [0.25, 0.3) is 0 Å². The maximum Gasteiger partial charge on any atom is 0.330 e. The number of nitrogens with one attached hydrogen (secondary N) is 1. The fourth-order valence-corrected chi connectivity index (χ4v) is 1.88. The van der Waals surface area contributed by atoms with Gasteiger partial charge in [0.2, 0.25) is 0 Å². The molecule has 0 aliphatic carbocycles. The highest BCUT2D eigenvalue weighted by Crippen LogP contribution is 2.27. The molecule has 0 amide bonds. The molecular weight excluding hydrogens is 252 g/mol. The zero-order valence-electron chi connectivity index (χ0n) is 8.67. The quantitative estimate of drug-likeness (QED) is 0.623. The Morgan fingerprint density at radius 3 is 2.88 bits per heavy atom. The van der Waals surface area contributed by atoms with Gasteiger partial charge in [-0.15, -0.1) is 0 Å². The summed E-state index contributed by atoms with van der Waals surface area (Å²) in [5.74, 6) is 0. The molecule has 1 aromatic heterocycles. The lowest BCUT2D eigenvalue weighted by Crippen LogP contribution is -2.32. The lowest BCUT2D eigenvalue weighted by atomic mass is 10.2. The average Bonchev–Trinajstić information content (AvgIpc) is 2.65. The minimum absolute atomic E-state index is 0.143. The topological polar surface area (TPSA) is 105 Å². The Balaban J connectivity index is 2.34. The normalized spacial score (nSPS) is 28.5. The molecule has 1 aliphatic heterocycles. The van der Waals surface area contributed by atoms with Crippen molar-refractivity contribution < 1.29 is 14.9 Å². The number of ether oxygens (including phenoxy) is 1. The number of halogens is 1. The van der Waals surface area contributed by atoms with Crippen LogP contribution < -0.4 is 11.2 Å². The van der Waals surface area contributed by atoms with Gasteiger partial charge in [-0.2, -0.15) is 0 Å². The molecule has 3 atom stereocenters. The van der Waals surface area contributed by atoms with Crippen molar-refractivity contribution in [3.63, 3.8) is 0 Å². The summed E-state index contributed by atoms with van der Waals surface area (Å²) in [4.78, 5) is 24.6. The lowest BCUT2D eigenvalue weighted by Gasteiger charge is -2.14. The van der Waals surface area contributed by atoms with Crippen LogP contribution in [0, 0.1) is 0 Å². The SMILES string of the molecule is O=c1[nH]c(=O)n([C@H]2C[C@@H](O)C(CO)O2)cc1Cl. The molecule has 2 heterocycles. The van der Waals surface area contributed by atoms with E-state index in [0.717, 1.165) is 10.8 Å². The van der Waals surface area contributed by atoms with Crippen molar-refractivity contribution in [1.82, 2.24) is 9.55 Å². The predicted octanol–water partition coefficient (Wildman–Crippen LogP) is -1.17. The summed E-state index contributed by atoms with van der Waals surface area (Å²) in [5, 5.41) is 18.3. The van der Waals surface area contributed by atoms with Gasteiger partial charge in [0.15, 0.2) is 0 Å². The summed E-state index contributed by atoms with van der Waals surface area (Å²) in [6.07, 6.45) is -1.04. The fraction of sp³-hybridized carbons (Fsp3) is 0.556. The predicted molar refractivity (Wildman–Crippen MR) is 58.0 cm³/mol. The van der Waals surface area contributed by atoms with E-state index in [9.17, 15) is 14.7 Å². The number of aromatic nitrogens is 2. The number of hydrogen-bond donors (Lipinski definition) is 3. The Kier molecular flexibility index (Phi) is 3.34. The molecule has 17 heavy (non-hydrogen) atoms. The Bertz CT molecular complexity index is 525.